The molecule has 2 heterocycles. The molecule has 0 saturated carbocycles. The topological polar surface area (TPSA) is 80.0 Å². The summed E-state index contributed by atoms with van der Waals surface area (Å²) in [6.07, 6.45) is 0. The van der Waals surface area contributed by atoms with Crippen molar-refractivity contribution in [1.29, 1.82) is 0 Å². The van der Waals surface area contributed by atoms with Crippen molar-refractivity contribution >= 4 is 47.5 Å². The van der Waals surface area contributed by atoms with Gasteiger partial charge >= 0.3 is 0 Å². The number of nitrogen functional groups attached to an aromatic ring is 1. The van der Waals surface area contributed by atoms with E-state index in [2.05, 4.69) is 25.2 Å². The van der Waals surface area contributed by atoms with Crippen LogP contribution < -0.4 is 16.0 Å². The number of anilines is 2. The fraction of sp³-hybridized carbons (Fsp3) is 0.308. The molecular formula is C13H15Cl3N6. The monoisotopic (exact) mass is 360 g/mol. The summed E-state index contributed by atoms with van der Waals surface area (Å²) in [5.41, 5.74) is 6.46. The Hall–Kier alpha value is -1.34. The van der Waals surface area contributed by atoms with E-state index in [9.17, 15) is 0 Å². The molecule has 118 valence electrons. The van der Waals surface area contributed by atoms with Crippen molar-refractivity contribution in [2.24, 2.45) is 0 Å². The second-order valence-corrected chi connectivity index (χ2v) is 5.52. The van der Waals surface area contributed by atoms with Crippen molar-refractivity contribution in [2.75, 3.05) is 36.8 Å². The first kappa shape index (κ1) is 17.0. The Morgan fingerprint density at radius 1 is 1.09 bits per heavy atom. The lowest BCUT2D eigenvalue weighted by atomic mass is 10.2. The zero-order valence-corrected chi connectivity index (χ0v) is 13.9. The summed E-state index contributed by atoms with van der Waals surface area (Å²) < 4.78 is 0. The molecule has 1 aliphatic rings. The van der Waals surface area contributed by atoms with Crippen LogP contribution in [-0.2, 0) is 0 Å². The first-order valence-corrected chi connectivity index (χ1v) is 7.32. The molecular weight excluding hydrogens is 347 g/mol. The molecule has 0 aliphatic carbocycles. The summed E-state index contributed by atoms with van der Waals surface area (Å²) in [7, 11) is 0. The Bertz CT molecular complexity index is 660. The number of aromatic nitrogens is 3. The maximum atomic E-state index is 6.20. The molecule has 1 fully saturated rings. The summed E-state index contributed by atoms with van der Waals surface area (Å²) in [5.74, 6) is 1.17. The number of nitrogens with one attached hydrogen (secondary N) is 1. The smallest absolute Gasteiger partial charge is 0.230 e. The summed E-state index contributed by atoms with van der Waals surface area (Å²) in [5, 5.41) is 4.37. The first-order chi connectivity index (χ1) is 10.1. The third-order valence-electron chi connectivity index (χ3n) is 3.21. The van der Waals surface area contributed by atoms with E-state index in [1.165, 1.54) is 0 Å². The number of benzene rings is 1. The molecule has 0 radical (unpaired) electrons. The lowest BCUT2D eigenvalue weighted by molar-refractivity contribution is 0.579. The predicted molar refractivity (Wildman–Crippen MR) is 92.0 cm³/mol. The molecule has 0 unspecified atom stereocenters. The van der Waals surface area contributed by atoms with Crippen molar-refractivity contribution in [1.82, 2.24) is 20.3 Å². The molecule has 6 nitrogen and oxygen atoms in total. The Morgan fingerprint density at radius 2 is 1.82 bits per heavy atom. The standard InChI is InChI=1S/C13H14Cl2N6.ClH/c14-8-1-2-10(15)9(7-8)11-18-12(16)20-13(19-11)21-5-3-17-4-6-21;/h1-2,7,17H,3-6H2,(H2,16,18,19,20);1H. The van der Waals surface area contributed by atoms with Gasteiger partial charge in [-0.3, -0.25) is 0 Å². The van der Waals surface area contributed by atoms with Gasteiger partial charge < -0.3 is 16.0 Å². The molecule has 0 bridgehead atoms. The molecule has 2 aromatic rings. The summed E-state index contributed by atoms with van der Waals surface area (Å²) in [6, 6.07) is 5.15. The Morgan fingerprint density at radius 3 is 2.55 bits per heavy atom. The van der Waals surface area contributed by atoms with E-state index < -0.39 is 0 Å². The zero-order chi connectivity index (χ0) is 14.8. The molecule has 3 rings (SSSR count). The first-order valence-electron chi connectivity index (χ1n) is 6.56. The van der Waals surface area contributed by atoms with Crippen molar-refractivity contribution in [2.45, 2.75) is 0 Å². The van der Waals surface area contributed by atoms with E-state index in [0.717, 1.165) is 26.2 Å². The molecule has 3 N–H and O–H groups in total. The Balaban J connectivity index is 0.00000176. The van der Waals surface area contributed by atoms with Crippen LogP contribution in [0, 0.1) is 0 Å². The highest BCUT2D eigenvalue weighted by Gasteiger charge is 2.17. The minimum atomic E-state index is 0. The van der Waals surface area contributed by atoms with E-state index in [4.69, 9.17) is 28.9 Å². The van der Waals surface area contributed by atoms with Crippen LogP contribution >= 0.6 is 35.6 Å². The summed E-state index contributed by atoms with van der Waals surface area (Å²) >= 11 is 12.2. The van der Waals surface area contributed by atoms with Crippen molar-refractivity contribution in [3.8, 4) is 11.4 Å². The van der Waals surface area contributed by atoms with Crippen LogP contribution in [0.1, 0.15) is 0 Å². The molecule has 0 amide bonds. The van der Waals surface area contributed by atoms with Gasteiger partial charge in [0.05, 0.1) is 5.02 Å². The number of hydrogen-bond donors (Lipinski definition) is 2. The van der Waals surface area contributed by atoms with Gasteiger partial charge in [0.1, 0.15) is 0 Å². The van der Waals surface area contributed by atoms with Crippen LogP contribution in [-0.4, -0.2) is 41.1 Å². The van der Waals surface area contributed by atoms with E-state index in [0.29, 0.717) is 27.4 Å². The lowest BCUT2D eigenvalue weighted by Crippen LogP contribution is -2.44. The van der Waals surface area contributed by atoms with Crippen LogP contribution in [0.15, 0.2) is 18.2 Å². The van der Waals surface area contributed by atoms with Crippen LogP contribution in [0.25, 0.3) is 11.4 Å². The highest BCUT2D eigenvalue weighted by atomic mass is 35.5. The van der Waals surface area contributed by atoms with Gasteiger partial charge in [-0.1, -0.05) is 23.2 Å². The summed E-state index contributed by atoms with van der Waals surface area (Å²) in [4.78, 5) is 14.9. The van der Waals surface area contributed by atoms with Crippen LogP contribution in [0.3, 0.4) is 0 Å². The number of nitrogens with two attached hydrogens (primary N) is 1. The second-order valence-electron chi connectivity index (χ2n) is 4.68. The van der Waals surface area contributed by atoms with Crippen molar-refractivity contribution < 1.29 is 0 Å². The van der Waals surface area contributed by atoms with Crippen LogP contribution in [0.2, 0.25) is 10.0 Å². The van der Waals surface area contributed by atoms with Gasteiger partial charge in [0.15, 0.2) is 5.82 Å². The average Bonchev–Trinajstić information content (AvgIpc) is 2.50. The zero-order valence-electron chi connectivity index (χ0n) is 11.6. The lowest BCUT2D eigenvalue weighted by Gasteiger charge is -2.27. The third-order valence-corrected chi connectivity index (χ3v) is 3.77. The Kier molecular flexibility index (Phi) is 5.63. The molecule has 22 heavy (non-hydrogen) atoms. The van der Waals surface area contributed by atoms with Gasteiger partial charge in [0.2, 0.25) is 11.9 Å². The van der Waals surface area contributed by atoms with E-state index >= 15 is 0 Å². The molecule has 0 spiro atoms. The molecule has 0 atom stereocenters. The number of hydrogen-bond acceptors (Lipinski definition) is 6. The van der Waals surface area contributed by atoms with Gasteiger partial charge in [-0.25, -0.2) is 0 Å². The minimum absolute atomic E-state index is 0. The van der Waals surface area contributed by atoms with Crippen LogP contribution in [0.5, 0.6) is 0 Å². The van der Waals surface area contributed by atoms with Gasteiger partial charge in [0.25, 0.3) is 0 Å². The molecule has 9 heteroatoms. The number of halogens is 3. The van der Waals surface area contributed by atoms with E-state index in [1.54, 1.807) is 18.2 Å². The fourth-order valence-electron chi connectivity index (χ4n) is 2.18. The normalized spacial score (nSPS) is 14.5. The summed E-state index contributed by atoms with van der Waals surface area (Å²) in [6.45, 7) is 3.43. The predicted octanol–water partition coefficient (Wildman–Crippen LogP) is 2.26. The van der Waals surface area contributed by atoms with Crippen molar-refractivity contribution in [3.63, 3.8) is 0 Å². The number of piperazine rings is 1. The number of rotatable bonds is 2. The van der Waals surface area contributed by atoms with E-state index in [-0.39, 0.29) is 18.4 Å². The van der Waals surface area contributed by atoms with E-state index in [1.807, 2.05) is 0 Å². The van der Waals surface area contributed by atoms with Crippen molar-refractivity contribution in [3.05, 3.63) is 28.2 Å². The minimum Gasteiger partial charge on any atom is -0.368 e. The maximum Gasteiger partial charge on any atom is 0.230 e. The van der Waals surface area contributed by atoms with Gasteiger partial charge in [-0.2, -0.15) is 15.0 Å². The highest BCUT2D eigenvalue weighted by molar-refractivity contribution is 6.35. The van der Waals surface area contributed by atoms with Gasteiger partial charge in [0, 0.05) is 36.8 Å². The average molecular weight is 362 g/mol. The largest absolute Gasteiger partial charge is 0.368 e. The third kappa shape index (κ3) is 3.70. The number of nitrogens with zero attached hydrogens (tertiary/aromatic N) is 4. The molecule has 1 saturated heterocycles. The second kappa shape index (κ2) is 7.28. The maximum absolute atomic E-state index is 6.20. The molecule has 1 aliphatic heterocycles. The quantitative estimate of drug-likeness (QED) is 0.854. The highest BCUT2D eigenvalue weighted by Crippen LogP contribution is 2.29. The molecule has 1 aromatic heterocycles. The Labute approximate surface area is 144 Å². The molecule has 1 aromatic carbocycles. The van der Waals surface area contributed by atoms with Gasteiger partial charge in [-0.15, -0.1) is 12.4 Å². The SMILES string of the molecule is Cl.Nc1nc(-c2cc(Cl)ccc2Cl)nc(N2CCNCC2)n1. The fourth-order valence-corrected chi connectivity index (χ4v) is 2.55. The van der Waals surface area contributed by atoms with Crippen LogP contribution in [0.4, 0.5) is 11.9 Å². The van der Waals surface area contributed by atoms with Gasteiger partial charge in [-0.05, 0) is 18.2 Å².